The molecule has 0 N–H and O–H groups in total. The molecule has 0 aliphatic carbocycles. The molecule has 0 amide bonds. The number of alkyl halides is 1. The highest BCUT2D eigenvalue weighted by molar-refractivity contribution is 9.09. The first-order valence-electron chi connectivity index (χ1n) is 5.93. The van der Waals surface area contributed by atoms with E-state index in [9.17, 15) is 8.78 Å². The molecule has 0 aliphatic heterocycles. The molecule has 0 bridgehead atoms. The monoisotopic (exact) mass is 360 g/mol. The minimum Gasteiger partial charge on any atom is -0.494 e. The van der Waals surface area contributed by atoms with Crippen LogP contribution in [0.25, 0.3) is 0 Å². The van der Waals surface area contributed by atoms with E-state index in [1.165, 1.54) is 19.2 Å². The zero-order valence-electron chi connectivity index (χ0n) is 10.7. The lowest BCUT2D eigenvalue weighted by Crippen LogP contribution is -2.00. The maximum atomic E-state index is 13.7. The van der Waals surface area contributed by atoms with E-state index < -0.39 is 5.82 Å². The molecule has 0 aromatic heterocycles. The van der Waals surface area contributed by atoms with Crippen molar-refractivity contribution >= 4 is 27.5 Å². The van der Waals surface area contributed by atoms with Gasteiger partial charge in [-0.05, 0) is 36.2 Å². The summed E-state index contributed by atoms with van der Waals surface area (Å²) < 4.78 is 32.3. The molecule has 0 spiro atoms. The molecule has 0 saturated heterocycles. The average Bonchev–Trinajstić information content (AvgIpc) is 2.42. The minimum atomic E-state index is -0.450. The fraction of sp³-hybridized carbons (Fsp3) is 0.200. The van der Waals surface area contributed by atoms with Gasteiger partial charge in [-0.1, -0.05) is 39.7 Å². The Kier molecular flexibility index (Phi) is 5.00. The minimum absolute atomic E-state index is 0.178. The predicted octanol–water partition coefficient (Wildman–Crippen LogP) is 5.31. The molecular formula is C15H12BrClF2O. The number of ether oxygens (including phenoxy) is 1. The molecule has 0 radical (unpaired) electrons. The zero-order valence-corrected chi connectivity index (χ0v) is 13.0. The van der Waals surface area contributed by atoms with E-state index in [1.807, 2.05) is 0 Å². The van der Waals surface area contributed by atoms with Crippen LogP contribution in [0.4, 0.5) is 8.78 Å². The van der Waals surface area contributed by atoms with Crippen LogP contribution < -0.4 is 4.74 Å². The summed E-state index contributed by atoms with van der Waals surface area (Å²) in [6.07, 6.45) is 0.331. The second kappa shape index (κ2) is 6.55. The van der Waals surface area contributed by atoms with E-state index in [2.05, 4.69) is 15.9 Å². The molecular weight excluding hydrogens is 350 g/mol. The Labute approximate surface area is 129 Å². The van der Waals surface area contributed by atoms with Crippen LogP contribution in [-0.2, 0) is 6.42 Å². The lowest BCUT2D eigenvalue weighted by atomic mass is 10.0. The van der Waals surface area contributed by atoms with E-state index >= 15 is 0 Å². The Morgan fingerprint density at radius 2 is 1.95 bits per heavy atom. The van der Waals surface area contributed by atoms with Crippen LogP contribution in [0.5, 0.6) is 5.75 Å². The Morgan fingerprint density at radius 1 is 1.20 bits per heavy atom. The molecule has 0 fully saturated rings. The van der Waals surface area contributed by atoms with Gasteiger partial charge in [-0.2, -0.15) is 0 Å². The molecule has 0 heterocycles. The van der Waals surface area contributed by atoms with Crippen molar-refractivity contribution in [2.45, 2.75) is 11.2 Å². The summed E-state index contributed by atoms with van der Waals surface area (Å²) in [6.45, 7) is 0. The van der Waals surface area contributed by atoms with Gasteiger partial charge in [0.25, 0.3) is 0 Å². The van der Waals surface area contributed by atoms with Crippen LogP contribution >= 0.6 is 27.5 Å². The van der Waals surface area contributed by atoms with Gasteiger partial charge < -0.3 is 4.74 Å². The molecule has 2 aromatic rings. The highest BCUT2D eigenvalue weighted by atomic mass is 79.9. The standard InChI is InChI=1S/C15H12BrClF2O/c1-20-15-6-5-9(7-14(15)19)11(16)8-10-12(17)3-2-4-13(10)18/h2-7,11H,8H2,1H3. The van der Waals surface area contributed by atoms with Gasteiger partial charge in [0.1, 0.15) is 5.82 Å². The number of methoxy groups -OCH3 is 1. The predicted molar refractivity (Wildman–Crippen MR) is 79.7 cm³/mol. The molecule has 1 atom stereocenters. The SMILES string of the molecule is COc1ccc(C(Br)Cc2c(F)cccc2Cl)cc1F. The first-order chi connectivity index (χ1) is 9.52. The van der Waals surface area contributed by atoms with Crippen LogP contribution in [0.15, 0.2) is 36.4 Å². The smallest absolute Gasteiger partial charge is 0.165 e. The summed E-state index contributed by atoms with van der Waals surface area (Å²) in [5, 5.41) is 0.364. The average molecular weight is 362 g/mol. The van der Waals surface area contributed by atoms with Crippen molar-refractivity contribution in [2.24, 2.45) is 0 Å². The van der Waals surface area contributed by atoms with Gasteiger partial charge in [-0.3, -0.25) is 0 Å². The molecule has 1 nitrogen and oxygen atoms in total. The molecule has 1 unspecified atom stereocenters. The van der Waals surface area contributed by atoms with Crippen molar-refractivity contribution in [3.8, 4) is 5.75 Å². The van der Waals surface area contributed by atoms with Crippen LogP contribution in [0.3, 0.4) is 0 Å². The molecule has 2 aromatic carbocycles. The quantitative estimate of drug-likeness (QED) is 0.671. The third-order valence-corrected chi connectivity index (χ3v) is 4.19. The van der Waals surface area contributed by atoms with E-state index in [0.29, 0.717) is 22.6 Å². The topological polar surface area (TPSA) is 9.23 Å². The molecule has 0 aliphatic rings. The van der Waals surface area contributed by atoms with Crippen molar-refractivity contribution in [3.63, 3.8) is 0 Å². The highest BCUT2D eigenvalue weighted by Crippen LogP contribution is 2.32. The fourth-order valence-corrected chi connectivity index (χ4v) is 2.75. The fourth-order valence-electron chi connectivity index (χ4n) is 1.90. The highest BCUT2D eigenvalue weighted by Gasteiger charge is 2.16. The Hall–Kier alpha value is -1.13. The first kappa shape index (κ1) is 15.3. The second-order valence-electron chi connectivity index (χ2n) is 4.27. The maximum absolute atomic E-state index is 13.7. The lowest BCUT2D eigenvalue weighted by molar-refractivity contribution is 0.386. The molecule has 2 rings (SSSR count). The van der Waals surface area contributed by atoms with E-state index in [-0.39, 0.29) is 16.4 Å². The van der Waals surface area contributed by atoms with Crippen molar-refractivity contribution < 1.29 is 13.5 Å². The van der Waals surface area contributed by atoms with Crippen molar-refractivity contribution in [2.75, 3.05) is 7.11 Å². The van der Waals surface area contributed by atoms with E-state index in [0.717, 1.165) is 0 Å². The summed E-state index contributed by atoms with van der Waals surface area (Å²) >= 11 is 9.42. The summed E-state index contributed by atoms with van der Waals surface area (Å²) in [7, 11) is 1.41. The van der Waals surface area contributed by atoms with Gasteiger partial charge in [0.2, 0.25) is 0 Å². The summed E-state index contributed by atoms with van der Waals surface area (Å²) in [5.74, 6) is -0.637. The maximum Gasteiger partial charge on any atom is 0.165 e. The van der Waals surface area contributed by atoms with Gasteiger partial charge >= 0.3 is 0 Å². The number of halogens is 4. The van der Waals surface area contributed by atoms with E-state index in [1.54, 1.807) is 24.3 Å². The van der Waals surface area contributed by atoms with Gasteiger partial charge in [-0.15, -0.1) is 0 Å². The lowest BCUT2D eigenvalue weighted by Gasteiger charge is -2.13. The van der Waals surface area contributed by atoms with Crippen LogP contribution in [-0.4, -0.2) is 7.11 Å². The number of hydrogen-bond acceptors (Lipinski definition) is 1. The molecule has 20 heavy (non-hydrogen) atoms. The van der Waals surface area contributed by atoms with Crippen LogP contribution in [0.2, 0.25) is 5.02 Å². The first-order valence-corrected chi connectivity index (χ1v) is 7.22. The Bertz CT molecular complexity index is 599. The largest absolute Gasteiger partial charge is 0.494 e. The van der Waals surface area contributed by atoms with E-state index in [4.69, 9.17) is 16.3 Å². The third kappa shape index (κ3) is 3.30. The summed E-state index contributed by atoms with van der Waals surface area (Å²) in [5.41, 5.74) is 1.11. The van der Waals surface area contributed by atoms with Crippen LogP contribution in [0, 0.1) is 11.6 Å². The van der Waals surface area contributed by atoms with Gasteiger partial charge in [0.05, 0.1) is 7.11 Å². The Morgan fingerprint density at radius 3 is 2.55 bits per heavy atom. The molecule has 106 valence electrons. The molecule has 0 saturated carbocycles. The number of rotatable bonds is 4. The normalized spacial score (nSPS) is 12.2. The molecule has 5 heteroatoms. The zero-order chi connectivity index (χ0) is 14.7. The van der Waals surface area contributed by atoms with Gasteiger partial charge in [0, 0.05) is 15.4 Å². The number of hydrogen-bond donors (Lipinski definition) is 0. The summed E-state index contributed by atoms with van der Waals surface area (Å²) in [4.78, 5) is -0.239. The van der Waals surface area contributed by atoms with Crippen molar-refractivity contribution in [1.82, 2.24) is 0 Å². The van der Waals surface area contributed by atoms with Crippen molar-refractivity contribution in [1.29, 1.82) is 0 Å². The van der Waals surface area contributed by atoms with Crippen molar-refractivity contribution in [3.05, 3.63) is 64.2 Å². The van der Waals surface area contributed by atoms with Gasteiger partial charge in [0.15, 0.2) is 11.6 Å². The third-order valence-electron chi connectivity index (χ3n) is 2.98. The second-order valence-corrected chi connectivity index (χ2v) is 5.78. The number of benzene rings is 2. The van der Waals surface area contributed by atoms with Crippen LogP contribution in [0.1, 0.15) is 16.0 Å². The Balaban J connectivity index is 2.24. The van der Waals surface area contributed by atoms with Gasteiger partial charge in [-0.25, -0.2) is 8.78 Å². The summed E-state index contributed by atoms with van der Waals surface area (Å²) in [6, 6.07) is 9.19.